The summed E-state index contributed by atoms with van der Waals surface area (Å²) in [5, 5.41) is 9.82. The molecule has 2 unspecified atom stereocenters. The predicted octanol–water partition coefficient (Wildman–Crippen LogP) is 0.0764. The Morgan fingerprint density at radius 2 is 2.33 bits per heavy atom. The quantitative estimate of drug-likeness (QED) is 0.739. The van der Waals surface area contributed by atoms with Gasteiger partial charge in [0.1, 0.15) is 0 Å². The van der Waals surface area contributed by atoms with Gasteiger partial charge in [-0.05, 0) is 11.5 Å². The number of hydrogen-bond donors (Lipinski definition) is 2. The largest absolute Gasteiger partial charge is 0.567 e. The van der Waals surface area contributed by atoms with Crippen LogP contribution in [0.3, 0.4) is 0 Å². The summed E-state index contributed by atoms with van der Waals surface area (Å²) >= 11 is 0. The lowest BCUT2D eigenvalue weighted by molar-refractivity contribution is -0.389. The van der Waals surface area contributed by atoms with E-state index >= 15 is 0 Å². The van der Waals surface area contributed by atoms with Crippen LogP contribution in [0.15, 0.2) is 6.20 Å². The van der Waals surface area contributed by atoms with Crippen molar-refractivity contribution in [3.05, 3.63) is 23.0 Å². The lowest BCUT2D eigenvalue weighted by atomic mass is 10.1. The summed E-state index contributed by atoms with van der Waals surface area (Å²) in [6.45, 7) is 4.78. The minimum absolute atomic E-state index is 0.249. The first-order valence-corrected chi connectivity index (χ1v) is 6.39. The second-order valence-electron chi connectivity index (χ2n) is 3.54. The molecule has 8 heteroatoms. The monoisotopic (exact) mass is 276 g/mol. The Morgan fingerprint density at radius 1 is 1.72 bits per heavy atom. The Morgan fingerprint density at radius 3 is 2.89 bits per heavy atom. The maximum absolute atomic E-state index is 9.82. The molecule has 7 nitrogen and oxygen atoms in total. The number of hydrogen-bond acceptors (Lipinski definition) is 5. The van der Waals surface area contributed by atoms with Gasteiger partial charge in [0.15, 0.2) is 18.2 Å². The molecule has 1 aromatic heterocycles. The summed E-state index contributed by atoms with van der Waals surface area (Å²) in [6, 6.07) is 0. The smallest absolute Gasteiger partial charge is 0.485 e. The molecule has 3 N–H and O–H groups in total. The van der Waals surface area contributed by atoms with Gasteiger partial charge in [-0.3, -0.25) is 0 Å². The van der Waals surface area contributed by atoms with Crippen molar-refractivity contribution < 1.29 is 33.9 Å². The van der Waals surface area contributed by atoms with Crippen LogP contribution in [0.4, 0.5) is 0 Å². The van der Waals surface area contributed by atoms with Gasteiger partial charge < -0.3 is 19.5 Å². The Hall–Kier alpha value is -1.11. The van der Waals surface area contributed by atoms with E-state index in [1.807, 2.05) is 20.0 Å². The molecule has 0 aromatic carbocycles. The molecule has 0 bridgehead atoms. The van der Waals surface area contributed by atoms with Gasteiger partial charge in [0, 0.05) is 13.5 Å². The molecule has 2 heterocycles. The van der Waals surface area contributed by atoms with Crippen molar-refractivity contribution in [2.75, 3.05) is 6.61 Å². The molecular weight excluding hydrogens is 261 g/mol. The average Bonchev–Trinajstić information content (AvgIpc) is 2.67. The Balaban J connectivity index is 0.000000357. The van der Waals surface area contributed by atoms with Crippen molar-refractivity contribution in [3.63, 3.8) is 0 Å². The fourth-order valence-electron chi connectivity index (χ4n) is 1.61. The van der Waals surface area contributed by atoms with Crippen LogP contribution >= 0.6 is 8.25 Å². The van der Waals surface area contributed by atoms with Crippen LogP contribution < -0.4 is 9.88 Å². The molecule has 18 heavy (non-hydrogen) atoms. The van der Waals surface area contributed by atoms with Crippen molar-refractivity contribution in [1.29, 1.82) is 0 Å². The third kappa shape index (κ3) is 3.69. The fourth-order valence-corrected chi connectivity index (χ4v) is 1.61. The minimum atomic E-state index is -3.12. The zero-order chi connectivity index (χ0) is 13.7. The molecule has 0 fully saturated rings. The van der Waals surface area contributed by atoms with Crippen LogP contribution in [0.25, 0.3) is 0 Å². The third-order valence-electron chi connectivity index (χ3n) is 2.36. The first-order valence-electron chi connectivity index (χ1n) is 5.26. The van der Waals surface area contributed by atoms with E-state index in [-0.39, 0.29) is 5.75 Å². The van der Waals surface area contributed by atoms with Crippen LogP contribution in [0, 0.1) is 6.92 Å². The summed E-state index contributed by atoms with van der Waals surface area (Å²) in [7, 11) is -3.12. The number of nitrogens with one attached hydrogen (secondary N) is 1. The average molecular weight is 276 g/mol. The Bertz CT molecular complexity index is 433. The van der Waals surface area contributed by atoms with Gasteiger partial charge in [-0.25, -0.2) is 4.98 Å². The SMILES string of the molecule is CCOC1OCc2c[nH+]c(C)c(O)c21.O=[P+]([O-])O. The molecular formula is C10H15NO6P+. The lowest BCUT2D eigenvalue weighted by Crippen LogP contribution is -2.10. The van der Waals surface area contributed by atoms with Crippen molar-refractivity contribution >= 4 is 8.25 Å². The molecule has 2 rings (SSSR count). The highest BCUT2D eigenvalue weighted by Gasteiger charge is 2.30. The molecule has 1 aliphatic heterocycles. The third-order valence-corrected chi connectivity index (χ3v) is 2.36. The van der Waals surface area contributed by atoms with Crippen molar-refractivity contribution in [2.45, 2.75) is 26.7 Å². The van der Waals surface area contributed by atoms with E-state index in [4.69, 9.17) is 23.8 Å². The second-order valence-corrected chi connectivity index (χ2v) is 4.01. The maximum Gasteiger partial charge on any atom is 0.485 e. The summed E-state index contributed by atoms with van der Waals surface area (Å²) in [4.78, 5) is 18.6. The Labute approximate surface area is 105 Å². The van der Waals surface area contributed by atoms with Crippen molar-refractivity contribution in [3.8, 4) is 5.75 Å². The molecule has 0 saturated carbocycles. The number of fused-ring (bicyclic) bond motifs is 1. The summed E-state index contributed by atoms with van der Waals surface area (Å²) in [5.74, 6) is 0.249. The van der Waals surface area contributed by atoms with E-state index in [1.165, 1.54) is 0 Å². The molecule has 2 atom stereocenters. The van der Waals surface area contributed by atoms with E-state index in [1.54, 1.807) is 0 Å². The van der Waals surface area contributed by atoms with E-state index in [0.29, 0.717) is 13.2 Å². The van der Waals surface area contributed by atoms with E-state index in [9.17, 15) is 5.11 Å². The Kier molecular flexibility index (Phi) is 5.58. The highest BCUT2D eigenvalue weighted by molar-refractivity contribution is 7.29. The number of pyridine rings is 1. The summed E-state index contributed by atoms with van der Waals surface area (Å²) < 4.78 is 19.4. The zero-order valence-electron chi connectivity index (χ0n) is 10.0. The highest BCUT2D eigenvalue weighted by Crippen LogP contribution is 2.37. The number of aromatic amines is 1. The minimum Gasteiger partial charge on any atom is -0.567 e. The lowest BCUT2D eigenvalue weighted by Gasteiger charge is -2.11. The molecule has 0 radical (unpaired) electrons. The highest BCUT2D eigenvalue weighted by atomic mass is 31.1. The standard InChI is InChI=1S/C10H13NO3.HO3P/c1-3-13-10-8-7(5-14-10)4-11-6(2)9(8)12;1-4(2)3/h4,10,12H,3,5H2,1-2H3;(H,1,2,3)/p+1. The maximum atomic E-state index is 9.82. The number of aromatic hydroxyl groups is 1. The predicted molar refractivity (Wildman–Crippen MR) is 58.4 cm³/mol. The van der Waals surface area contributed by atoms with Crippen LogP contribution in [-0.4, -0.2) is 16.6 Å². The van der Waals surface area contributed by atoms with Gasteiger partial charge in [0.25, 0.3) is 0 Å². The number of ether oxygens (including phenoxy) is 2. The van der Waals surface area contributed by atoms with Crippen LogP contribution in [0.1, 0.15) is 30.0 Å². The molecule has 0 saturated heterocycles. The van der Waals surface area contributed by atoms with Crippen LogP contribution in [0.2, 0.25) is 0 Å². The topological polar surface area (TPSA) is 113 Å². The van der Waals surface area contributed by atoms with Gasteiger partial charge in [-0.15, -0.1) is 0 Å². The van der Waals surface area contributed by atoms with Crippen molar-refractivity contribution in [2.24, 2.45) is 0 Å². The number of aromatic nitrogens is 1. The van der Waals surface area contributed by atoms with Gasteiger partial charge in [-0.2, -0.15) is 4.89 Å². The van der Waals surface area contributed by atoms with Gasteiger partial charge in [0.05, 0.1) is 17.7 Å². The number of aryl methyl sites for hydroxylation is 1. The summed E-state index contributed by atoms with van der Waals surface area (Å²) in [6.07, 6.45) is 1.44. The molecule has 100 valence electrons. The first kappa shape index (κ1) is 14.9. The number of rotatable bonds is 2. The molecule has 0 spiro atoms. The van der Waals surface area contributed by atoms with E-state index < -0.39 is 14.5 Å². The van der Waals surface area contributed by atoms with Crippen molar-refractivity contribution in [1.82, 2.24) is 0 Å². The molecule has 0 aliphatic carbocycles. The summed E-state index contributed by atoms with van der Waals surface area (Å²) in [5.41, 5.74) is 2.47. The van der Waals surface area contributed by atoms with Gasteiger partial charge in [0.2, 0.25) is 5.69 Å². The van der Waals surface area contributed by atoms with Crippen LogP contribution in [0.5, 0.6) is 5.75 Å². The molecule has 1 aliphatic rings. The first-order chi connectivity index (χ1) is 8.47. The fraction of sp³-hybridized carbons (Fsp3) is 0.500. The zero-order valence-corrected chi connectivity index (χ0v) is 10.9. The van der Waals surface area contributed by atoms with E-state index in [0.717, 1.165) is 16.8 Å². The normalized spacial score (nSPS) is 17.8. The van der Waals surface area contributed by atoms with Gasteiger partial charge in [-0.1, -0.05) is 0 Å². The van der Waals surface area contributed by atoms with Crippen LogP contribution in [-0.2, 0) is 20.6 Å². The molecule has 1 aromatic rings. The molecule has 0 amide bonds. The number of H-pyrrole nitrogens is 1. The van der Waals surface area contributed by atoms with Gasteiger partial charge >= 0.3 is 8.25 Å². The van der Waals surface area contributed by atoms with E-state index in [2.05, 4.69) is 4.98 Å². The second kappa shape index (κ2) is 6.72.